The van der Waals surface area contributed by atoms with Crippen molar-refractivity contribution in [3.8, 4) is 11.4 Å². The average molecular weight is 386 g/mol. The number of fused-ring (bicyclic) bond motifs is 1. The van der Waals surface area contributed by atoms with Crippen LogP contribution in [0.25, 0.3) is 11.4 Å². The van der Waals surface area contributed by atoms with E-state index in [9.17, 15) is 4.79 Å². The summed E-state index contributed by atoms with van der Waals surface area (Å²) in [5.74, 6) is 1.68. The minimum absolute atomic E-state index is 0. The number of carbonyl (C=O) groups is 1. The molecular formula is C17H25Cl2N5O. The van der Waals surface area contributed by atoms with E-state index in [0.29, 0.717) is 0 Å². The number of carbonyl (C=O) groups excluding carboxylic acids is 1. The van der Waals surface area contributed by atoms with E-state index in [4.69, 9.17) is 5.73 Å². The molecular weight excluding hydrogens is 361 g/mol. The van der Waals surface area contributed by atoms with Gasteiger partial charge in [0.05, 0.1) is 5.92 Å². The first-order chi connectivity index (χ1) is 11.1. The summed E-state index contributed by atoms with van der Waals surface area (Å²) < 4.78 is 2.19. The van der Waals surface area contributed by atoms with Gasteiger partial charge in [-0.2, -0.15) is 0 Å². The number of nitrogens with zero attached hydrogens (tertiary/aromatic N) is 3. The SMILES string of the molecule is CC(N)C(C)C(=O)Nc1ccc(-c2nnc3n2CCCC3)cc1.Cl.Cl. The van der Waals surface area contributed by atoms with Gasteiger partial charge in [0.15, 0.2) is 5.82 Å². The van der Waals surface area contributed by atoms with E-state index in [1.165, 1.54) is 12.8 Å². The monoisotopic (exact) mass is 385 g/mol. The van der Waals surface area contributed by atoms with Gasteiger partial charge in [0, 0.05) is 30.3 Å². The highest BCUT2D eigenvalue weighted by Gasteiger charge is 2.18. The lowest BCUT2D eigenvalue weighted by Gasteiger charge is -2.16. The molecule has 0 bridgehead atoms. The molecule has 1 aliphatic heterocycles. The number of benzene rings is 1. The quantitative estimate of drug-likeness (QED) is 0.846. The molecule has 2 atom stereocenters. The molecule has 3 rings (SSSR count). The second kappa shape index (κ2) is 9.17. The zero-order chi connectivity index (χ0) is 16.4. The van der Waals surface area contributed by atoms with Crippen LogP contribution in [0.15, 0.2) is 24.3 Å². The molecule has 1 aliphatic rings. The first-order valence-electron chi connectivity index (χ1n) is 8.15. The molecule has 2 unspecified atom stereocenters. The standard InChI is InChI=1S/C17H23N5O.2ClH/c1-11(12(2)18)17(23)19-14-8-6-13(7-9-14)16-21-20-15-5-3-4-10-22(15)16;;/h6-9,11-12H,3-5,10,18H2,1-2H3,(H,19,23);2*1H. The topological polar surface area (TPSA) is 85.8 Å². The zero-order valence-corrected chi connectivity index (χ0v) is 16.1. The van der Waals surface area contributed by atoms with Gasteiger partial charge in [0.25, 0.3) is 0 Å². The molecule has 0 saturated heterocycles. The van der Waals surface area contributed by atoms with E-state index in [2.05, 4.69) is 20.1 Å². The molecule has 0 aliphatic carbocycles. The van der Waals surface area contributed by atoms with Crippen LogP contribution in [0.2, 0.25) is 0 Å². The van der Waals surface area contributed by atoms with Crippen molar-refractivity contribution in [3.63, 3.8) is 0 Å². The van der Waals surface area contributed by atoms with E-state index < -0.39 is 0 Å². The van der Waals surface area contributed by atoms with Crippen LogP contribution >= 0.6 is 24.8 Å². The van der Waals surface area contributed by atoms with Crippen molar-refractivity contribution >= 4 is 36.4 Å². The highest BCUT2D eigenvalue weighted by molar-refractivity contribution is 5.92. The molecule has 0 spiro atoms. The maximum atomic E-state index is 12.0. The molecule has 0 fully saturated rings. The number of aryl methyl sites for hydroxylation is 1. The minimum Gasteiger partial charge on any atom is -0.327 e. The van der Waals surface area contributed by atoms with Gasteiger partial charge in [-0.25, -0.2) is 0 Å². The first kappa shape index (κ1) is 21.4. The summed E-state index contributed by atoms with van der Waals surface area (Å²) in [7, 11) is 0. The lowest BCUT2D eigenvalue weighted by atomic mass is 10.0. The number of halogens is 2. The van der Waals surface area contributed by atoms with E-state index >= 15 is 0 Å². The summed E-state index contributed by atoms with van der Waals surface area (Å²) in [6.07, 6.45) is 3.35. The number of hydrogen-bond acceptors (Lipinski definition) is 4. The molecule has 3 N–H and O–H groups in total. The van der Waals surface area contributed by atoms with Gasteiger partial charge < -0.3 is 15.6 Å². The molecule has 0 saturated carbocycles. The summed E-state index contributed by atoms with van der Waals surface area (Å²) in [6, 6.07) is 7.56. The minimum atomic E-state index is -0.224. The Bertz CT molecular complexity index is 700. The van der Waals surface area contributed by atoms with Crippen molar-refractivity contribution in [2.45, 2.75) is 45.7 Å². The fourth-order valence-corrected chi connectivity index (χ4v) is 2.72. The lowest BCUT2D eigenvalue weighted by molar-refractivity contribution is -0.119. The van der Waals surface area contributed by atoms with Crippen molar-refractivity contribution < 1.29 is 4.79 Å². The fourth-order valence-electron chi connectivity index (χ4n) is 2.72. The Hall–Kier alpha value is -1.63. The molecule has 8 heteroatoms. The average Bonchev–Trinajstić information content (AvgIpc) is 2.98. The van der Waals surface area contributed by atoms with Crippen molar-refractivity contribution in [2.24, 2.45) is 11.7 Å². The van der Waals surface area contributed by atoms with Gasteiger partial charge in [-0.05, 0) is 44.0 Å². The van der Waals surface area contributed by atoms with Crippen molar-refractivity contribution in [1.29, 1.82) is 0 Å². The summed E-state index contributed by atoms with van der Waals surface area (Å²) in [6.45, 7) is 4.64. The Morgan fingerprint density at radius 3 is 2.48 bits per heavy atom. The van der Waals surface area contributed by atoms with Crippen LogP contribution in [0.1, 0.15) is 32.5 Å². The van der Waals surface area contributed by atoms with Gasteiger partial charge in [-0.3, -0.25) is 4.79 Å². The highest BCUT2D eigenvalue weighted by Crippen LogP contribution is 2.24. The largest absolute Gasteiger partial charge is 0.327 e. The molecule has 1 aromatic heterocycles. The lowest BCUT2D eigenvalue weighted by Crippen LogP contribution is -2.34. The van der Waals surface area contributed by atoms with E-state index in [1.807, 2.05) is 38.1 Å². The summed E-state index contributed by atoms with van der Waals surface area (Å²) in [5, 5.41) is 11.5. The Balaban J connectivity index is 0.00000156. The van der Waals surface area contributed by atoms with Gasteiger partial charge in [0.2, 0.25) is 5.91 Å². The van der Waals surface area contributed by atoms with Gasteiger partial charge in [-0.15, -0.1) is 35.0 Å². The maximum Gasteiger partial charge on any atom is 0.228 e. The molecule has 6 nitrogen and oxygen atoms in total. The summed E-state index contributed by atoms with van der Waals surface area (Å²) in [5.41, 5.74) is 7.55. The number of nitrogens with two attached hydrogens (primary N) is 1. The number of anilines is 1. The van der Waals surface area contributed by atoms with Gasteiger partial charge >= 0.3 is 0 Å². The van der Waals surface area contributed by atoms with Crippen LogP contribution in [0.3, 0.4) is 0 Å². The van der Waals surface area contributed by atoms with Crippen LogP contribution in [0.4, 0.5) is 5.69 Å². The predicted octanol–water partition coefficient (Wildman–Crippen LogP) is 3.05. The Morgan fingerprint density at radius 1 is 1.16 bits per heavy atom. The molecule has 25 heavy (non-hydrogen) atoms. The third-order valence-corrected chi connectivity index (χ3v) is 4.47. The maximum absolute atomic E-state index is 12.0. The van der Waals surface area contributed by atoms with Gasteiger partial charge in [-0.1, -0.05) is 6.92 Å². The number of rotatable bonds is 4. The number of hydrogen-bond donors (Lipinski definition) is 2. The van der Waals surface area contributed by atoms with Crippen LogP contribution in [-0.2, 0) is 17.8 Å². The van der Waals surface area contributed by atoms with Gasteiger partial charge in [0.1, 0.15) is 5.82 Å². The number of amides is 1. The third-order valence-electron chi connectivity index (χ3n) is 4.47. The van der Waals surface area contributed by atoms with Crippen molar-refractivity contribution in [2.75, 3.05) is 5.32 Å². The summed E-state index contributed by atoms with van der Waals surface area (Å²) >= 11 is 0. The van der Waals surface area contributed by atoms with E-state index in [1.54, 1.807) is 0 Å². The number of aromatic nitrogens is 3. The Kier molecular flexibility index (Phi) is 7.86. The van der Waals surface area contributed by atoms with E-state index in [0.717, 1.165) is 35.9 Å². The van der Waals surface area contributed by atoms with Crippen LogP contribution in [0, 0.1) is 5.92 Å². The third kappa shape index (κ3) is 4.71. The molecule has 2 aromatic rings. The Morgan fingerprint density at radius 2 is 1.84 bits per heavy atom. The fraction of sp³-hybridized carbons (Fsp3) is 0.471. The van der Waals surface area contributed by atoms with Crippen LogP contribution < -0.4 is 11.1 Å². The molecule has 0 radical (unpaired) electrons. The predicted molar refractivity (Wildman–Crippen MR) is 104 cm³/mol. The highest BCUT2D eigenvalue weighted by atomic mass is 35.5. The Labute approximate surface area is 160 Å². The second-order valence-electron chi connectivity index (χ2n) is 6.26. The number of nitrogens with one attached hydrogen (secondary N) is 1. The van der Waals surface area contributed by atoms with E-state index in [-0.39, 0.29) is 42.7 Å². The summed E-state index contributed by atoms with van der Waals surface area (Å²) in [4.78, 5) is 12.0. The van der Waals surface area contributed by atoms with Crippen molar-refractivity contribution in [1.82, 2.24) is 14.8 Å². The molecule has 2 heterocycles. The smallest absolute Gasteiger partial charge is 0.228 e. The zero-order valence-electron chi connectivity index (χ0n) is 14.4. The van der Waals surface area contributed by atoms with Crippen molar-refractivity contribution in [3.05, 3.63) is 30.1 Å². The molecule has 1 amide bonds. The van der Waals surface area contributed by atoms with Crippen LogP contribution in [0.5, 0.6) is 0 Å². The normalized spacial score (nSPS) is 15.2. The second-order valence-corrected chi connectivity index (χ2v) is 6.26. The first-order valence-corrected chi connectivity index (χ1v) is 8.15. The molecule has 1 aromatic carbocycles. The van der Waals surface area contributed by atoms with Crippen LogP contribution in [-0.4, -0.2) is 26.7 Å². The molecule has 138 valence electrons.